The average molecular weight is 341 g/mol. The summed E-state index contributed by atoms with van der Waals surface area (Å²) in [7, 11) is 0. The third-order valence-corrected chi connectivity index (χ3v) is 5.67. The van der Waals surface area contributed by atoms with Gasteiger partial charge in [0.05, 0.1) is 0 Å². The quantitative estimate of drug-likeness (QED) is 0.737. The Kier molecular flexibility index (Phi) is 2.64. The second kappa shape index (κ2) is 4.79. The molecular weight excluding hydrogens is 325 g/mol. The lowest BCUT2D eigenvalue weighted by Crippen LogP contribution is -2.39. The van der Waals surface area contributed by atoms with Crippen molar-refractivity contribution in [1.29, 1.82) is 0 Å². The van der Waals surface area contributed by atoms with Gasteiger partial charge in [0.2, 0.25) is 19.3 Å². The molecule has 4 aliphatic heterocycles. The fraction of sp³-hybridized carbons (Fsp3) is 0.368. The van der Waals surface area contributed by atoms with Gasteiger partial charge in [-0.15, -0.1) is 0 Å². The summed E-state index contributed by atoms with van der Waals surface area (Å²) < 4.78 is 36.7. The van der Waals surface area contributed by atoms with E-state index in [4.69, 9.17) is 18.9 Å². The third-order valence-electron chi connectivity index (χ3n) is 5.67. The molecule has 1 atom stereocenters. The molecule has 128 valence electrons. The number of benzene rings is 2. The minimum Gasteiger partial charge on any atom is -0.454 e. The number of rotatable bonds is 0. The van der Waals surface area contributed by atoms with Crippen LogP contribution in [0, 0.1) is 5.82 Å². The molecule has 0 unspecified atom stereocenters. The van der Waals surface area contributed by atoms with E-state index >= 15 is 0 Å². The maximum Gasteiger partial charge on any atom is 0.231 e. The summed E-state index contributed by atoms with van der Waals surface area (Å²) in [5, 5.41) is 0. The molecule has 5 nitrogen and oxygen atoms in total. The van der Waals surface area contributed by atoms with Crippen molar-refractivity contribution in [2.24, 2.45) is 0 Å². The van der Waals surface area contributed by atoms with E-state index in [-0.39, 0.29) is 31.2 Å². The van der Waals surface area contributed by atoms with Crippen LogP contribution < -0.4 is 18.9 Å². The van der Waals surface area contributed by atoms with E-state index in [1.165, 1.54) is 11.1 Å². The molecule has 0 saturated heterocycles. The zero-order valence-electron chi connectivity index (χ0n) is 13.5. The first-order valence-electron chi connectivity index (χ1n) is 8.54. The van der Waals surface area contributed by atoms with Crippen molar-refractivity contribution in [3.63, 3.8) is 0 Å². The molecule has 4 aliphatic rings. The molecule has 6 heteroatoms. The van der Waals surface area contributed by atoms with Crippen molar-refractivity contribution in [3.05, 3.63) is 46.3 Å². The molecule has 0 aromatic heterocycles. The maximum absolute atomic E-state index is 14.9. The SMILES string of the molecule is Fc1c2c(cc3c1OCO3)CN1CCc3cc4c(cc3[C@@H]1C2)OCO4. The van der Waals surface area contributed by atoms with Gasteiger partial charge in [0, 0.05) is 19.1 Å². The van der Waals surface area contributed by atoms with Gasteiger partial charge in [0.25, 0.3) is 0 Å². The first kappa shape index (κ1) is 13.8. The first-order chi connectivity index (χ1) is 12.3. The summed E-state index contributed by atoms with van der Waals surface area (Å²) in [6, 6.07) is 6.25. The van der Waals surface area contributed by atoms with Crippen molar-refractivity contribution < 1.29 is 23.3 Å². The van der Waals surface area contributed by atoms with Gasteiger partial charge in [-0.2, -0.15) is 0 Å². The Labute approximate surface area is 143 Å². The van der Waals surface area contributed by atoms with Crippen molar-refractivity contribution in [1.82, 2.24) is 4.90 Å². The molecule has 6 rings (SSSR count). The minimum atomic E-state index is -0.266. The van der Waals surface area contributed by atoms with E-state index in [0.717, 1.165) is 42.1 Å². The lowest BCUT2D eigenvalue weighted by molar-refractivity contribution is 0.158. The topological polar surface area (TPSA) is 40.2 Å². The number of halogens is 1. The van der Waals surface area contributed by atoms with E-state index in [1.54, 1.807) is 0 Å². The van der Waals surface area contributed by atoms with E-state index in [9.17, 15) is 4.39 Å². The normalized spacial score (nSPS) is 22.4. The van der Waals surface area contributed by atoms with Crippen molar-refractivity contribution in [2.75, 3.05) is 20.1 Å². The minimum absolute atomic E-state index is 0.0919. The summed E-state index contributed by atoms with van der Waals surface area (Å²) >= 11 is 0. The highest BCUT2D eigenvalue weighted by Crippen LogP contribution is 2.47. The van der Waals surface area contributed by atoms with Crippen LogP contribution in [0.5, 0.6) is 23.0 Å². The fourth-order valence-corrected chi connectivity index (χ4v) is 4.44. The number of ether oxygens (including phenoxy) is 4. The summed E-state index contributed by atoms with van der Waals surface area (Å²) in [5.74, 6) is 2.12. The maximum atomic E-state index is 14.9. The van der Waals surface area contributed by atoms with Crippen molar-refractivity contribution >= 4 is 0 Å². The molecule has 0 saturated carbocycles. The second-order valence-electron chi connectivity index (χ2n) is 6.91. The second-order valence-corrected chi connectivity index (χ2v) is 6.91. The highest BCUT2D eigenvalue weighted by molar-refractivity contribution is 5.54. The molecule has 0 radical (unpaired) electrons. The van der Waals surface area contributed by atoms with Crippen LogP contribution in [-0.2, 0) is 19.4 Å². The highest BCUT2D eigenvalue weighted by atomic mass is 19.1. The van der Waals surface area contributed by atoms with Crippen molar-refractivity contribution in [2.45, 2.75) is 25.4 Å². The molecule has 0 N–H and O–H groups in total. The van der Waals surface area contributed by atoms with Gasteiger partial charge in [-0.05, 0) is 53.3 Å². The van der Waals surface area contributed by atoms with Gasteiger partial charge < -0.3 is 18.9 Å². The fourth-order valence-electron chi connectivity index (χ4n) is 4.44. The van der Waals surface area contributed by atoms with Gasteiger partial charge in [0.15, 0.2) is 23.1 Å². The lowest BCUT2D eigenvalue weighted by Gasteiger charge is -2.41. The van der Waals surface area contributed by atoms with Crippen molar-refractivity contribution in [3.8, 4) is 23.0 Å². The predicted octanol–water partition coefficient (Wildman–Crippen LogP) is 2.94. The molecule has 25 heavy (non-hydrogen) atoms. The zero-order valence-corrected chi connectivity index (χ0v) is 13.5. The molecule has 2 aromatic carbocycles. The van der Waals surface area contributed by atoms with Crippen LogP contribution in [-0.4, -0.2) is 25.0 Å². The number of nitrogens with zero attached hydrogens (tertiary/aromatic N) is 1. The monoisotopic (exact) mass is 341 g/mol. The Morgan fingerprint density at radius 2 is 1.68 bits per heavy atom. The Morgan fingerprint density at radius 1 is 0.920 bits per heavy atom. The Hall–Kier alpha value is -2.47. The largest absolute Gasteiger partial charge is 0.454 e. The molecule has 0 fully saturated rings. The number of hydrogen-bond donors (Lipinski definition) is 0. The van der Waals surface area contributed by atoms with E-state index in [2.05, 4.69) is 17.0 Å². The number of hydrogen-bond acceptors (Lipinski definition) is 5. The Bertz CT molecular complexity index is 913. The van der Waals surface area contributed by atoms with Crippen LogP contribution in [0.3, 0.4) is 0 Å². The lowest BCUT2D eigenvalue weighted by atomic mass is 9.83. The highest BCUT2D eigenvalue weighted by Gasteiger charge is 2.37. The first-order valence-corrected chi connectivity index (χ1v) is 8.54. The van der Waals surface area contributed by atoms with Crippen LogP contribution >= 0.6 is 0 Å². The molecule has 0 amide bonds. The zero-order chi connectivity index (χ0) is 16.5. The summed E-state index contributed by atoms with van der Waals surface area (Å²) in [5.41, 5.74) is 4.24. The van der Waals surface area contributed by atoms with E-state index < -0.39 is 0 Å². The van der Waals surface area contributed by atoms with Crippen LogP contribution in [0.15, 0.2) is 18.2 Å². The Morgan fingerprint density at radius 3 is 2.60 bits per heavy atom. The van der Waals surface area contributed by atoms with Gasteiger partial charge in [-0.25, -0.2) is 4.39 Å². The van der Waals surface area contributed by atoms with Crippen LogP contribution in [0.25, 0.3) is 0 Å². The van der Waals surface area contributed by atoms with Crippen LogP contribution in [0.4, 0.5) is 4.39 Å². The molecule has 0 aliphatic carbocycles. The average Bonchev–Trinajstić information content (AvgIpc) is 3.27. The third kappa shape index (κ3) is 1.86. The molecule has 0 spiro atoms. The van der Waals surface area contributed by atoms with E-state index in [0.29, 0.717) is 12.2 Å². The van der Waals surface area contributed by atoms with Gasteiger partial charge in [-0.1, -0.05) is 0 Å². The standard InChI is InChI=1S/C19H16FNO4/c20-18-13-5-14-12-6-16-15(22-8-23-16)3-10(12)1-2-21(14)7-11(13)4-17-19(18)25-9-24-17/h3-4,6,14H,1-2,5,7-9H2/t14-/m0/s1. The van der Waals surface area contributed by atoms with Crippen LogP contribution in [0.2, 0.25) is 0 Å². The summed E-state index contributed by atoms with van der Waals surface area (Å²) in [6.45, 7) is 2.04. The summed E-state index contributed by atoms with van der Waals surface area (Å²) in [6.07, 6.45) is 1.59. The van der Waals surface area contributed by atoms with Gasteiger partial charge in [-0.3, -0.25) is 4.90 Å². The molecular formula is C19H16FNO4. The predicted molar refractivity (Wildman–Crippen MR) is 85.6 cm³/mol. The molecule has 4 heterocycles. The number of fused-ring (bicyclic) bond motifs is 6. The molecule has 2 aromatic rings. The van der Waals surface area contributed by atoms with Gasteiger partial charge in [0.1, 0.15) is 0 Å². The van der Waals surface area contributed by atoms with E-state index in [1.807, 2.05) is 6.07 Å². The smallest absolute Gasteiger partial charge is 0.231 e. The Balaban J connectivity index is 1.46. The van der Waals surface area contributed by atoms with Gasteiger partial charge >= 0.3 is 0 Å². The van der Waals surface area contributed by atoms with Crippen LogP contribution in [0.1, 0.15) is 28.3 Å². The summed E-state index contributed by atoms with van der Waals surface area (Å²) in [4.78, 5) is 2.41. The molecule has 0 bridgehead atoms.